The van der Waals surface area contributed by atoms with Gasteiger partial charge in [0.2, 0.25) is 0 Å². The van der Waals surface area contributed by atoms with Crippen molar-refractivity contribution in [2.24, 2.45) is 0 Å². The molecule has 2 atom stereocenters. The molecule has 1 heterocycles. The molecule has 1 fully saturated rings. The number of amides is 3. The van der Waals surface area contributed by atoms with Crippen LogP contribution in [-0.4, -0.2) is 57.9 Å². The number of nitrogens with zero attached hydrogens (tertiary/aromatic N) is 2. The van der Waals surface area contributed by atoms with Crippen LogP contribution in [0.4, 0.5) is 8.78 Å². The van der Waals surface area contributed by atoms with Gasteiger partial charge in [-0.15, -0.1) is 0 Å². The quantitative estimate of drug-likeness (QED) is 0.440. The number of hydrogen-bond acceptors (Lipinski definition) is 4. The van der Waals surface area contributed by atoms with Gasteiger partial charge in [0.15, 0.2) is 6.17 Å². The number of aliphatic carboxylic acids is 1. The molecular weight excluding hydrogens is 532 g/mol. The first-order chi connectivity index (χ1) is 19.3. The van der Waals surface area contributed by atoms with Crippen molar-refractivity contribution in [2.45, 2.75) is 44.8 Å². The highest BCUT2D eigenvalue weighted by Crippen LogP contribution is 2.26. The summed E-state index contributed by atoms with van der Waals surface area (Å²) in [7, 11) is 0. The fraction of sp³-hybridized carbons (Fsp3) is 0.290. The van der Waals surface area contributed by atoms with Crippen LogP contribution in [0.1, 0.15) is 65.1 Å². The van der Waals surface area contributed by atoms with Crippen molar-refractivity contribution in [3.8, 4) is 0 Å². The molecule has 1 aliphatic rings. The Hall–Kier alpha value is -4.60. The molecule has 41 heavy (non-hydrogen) atoms. The minimum atomic E-state index is -1.42. The van der Waals surface area contributed by atoms with Crippen LogP contribution in [0.15, 0.2) is 72.8 Å². The van der Waals surface area contributed by atoms with Gasteiger partial charge < -0.3 is 20.2 Å². The molecule has 0 bridgehead atoms. The highest BCUT2D eigenvalue weighted by molar-refractivity contribution is 6.02. The maximum atomic E-state index is 13.8. The van der Waals surface area contributed by atoms with Gasteiger partial charge in [0, 0.05) is 24.2 Å². The monoisotopic (exact) mass is 563 g/mol. The van der Waals surface area contributed by atoms with Crippen LogP contribution >= 0.6 is 0 Å². The third kappa shape index (κ3) is 6.77. The van der Waals surface area contributed by atoms with E-state index in [2.05, 4.69) is 5.32 Å². The van der Waals surface area contributed by atoms with E-state index < -0.39 is 54.0 Å². The fourth-order valence-electron chi connectivity index (χ4n) is 4.74. The van der Waals surface area contributed by atoms with E-state index in [1.165, 1.54) is 34.1 Å². The highest BCUT2D eigenvalue weighted by Gasteiger charge is 2.44. The normalized spacial score (nSPS) is 15.9. The third-order valence-electron chi connectivity index (χ3n) is 6.99. The lowest BCUT2D eigenvalue weighted by Crippen LogP contribution is -2.54. The number of benzene rings is 3. The second-order valence-corrected chi connectivity index (χ2v) is 10.9. The number of carboxylic acids is 1. The SMILES string of the molecule is CC(C)(C)c1ccc(C(=O)N2CCN(C(=O)c3ccc(F)cc3)C2C(=O)NC(CC(=O)O)c2ccc(F)cc2)cc1. The molecule has 0 spiro atoms. The Morgan fingerprint density at radius 2 is 1.24 bits per heavy atom. The number of hydrogen-bond donors (Lipinski definition) is 2. The minimum absolute atomic E-state index is 0.0141. The zero-order valence-electron chi connectivity index (χ0n) is 22.9. The van der Waals surface area contributed by atoms with Crippen LogP contribution in [-0.2, 0) is 15.0 Å². The molecule has 0 aliphatic carbocycles. The van der Waals surface area contributed by atoms with Gasteiger partial charge in [0.1, 0.15) is 11.6 Å². The third-order valence-corrected chi connectivity index (χ3v) is 6.99. The topological polar surface area (TPSA) is 107 Å². The number of carbonyl (C=O) groups excluding carboxylic acids is 3. The number of halogens is 2. The lowest BCUT2D eigenvalue weighted by atomic mass is 9.86. The summed E-state index contributed by atoms with van der Waals surface area (Å²) in [5, 5.41) is 12.1. The Balaban J connectivity index is 1.68. The summed E-state index contributed by atoms with van der Waals surface area (Å²) in [6, 6.07) is 15.7. The number of rotatable bonds is 7. The van der Waals surface area contributed by atoms with Gasteiger partial charge in [0.05, 0.1) is 12.5 Å². The second kappa shape index (κ2) is 11.9. The summed E-state index contributed by atoms with van der Waals surface area (Å²) in [4.78, 5) is 55.0. The van der Waals surface area contributed by atoms with Gasteiger partial charge in [-0.05, 0) is 65.1 Å². The van der Waals surface area contributed by atoms with Crippen molar-refractivity contribution in [2.75, 3.05) is 13.1 Å². The van der Waals surface area contributed by atoms with Crippen molar-refractivity contribution in [3.63, 3.8) is 0 Å². The Bertz CT molecular complexity index is 1430. The maximum absolute atomic E-state index is 13.8. The van der Waals surface area contributed by atoms with Gasteiger partial charge >= 0.3 is 5.97 Å². The summed E-state index contributed by atoms with van der Waals surface area (Å²) in [5.41, 5.74) is 1.64. The molecule has 10 heteroatoms. The smallest absolute Gasteiger partial charge is 0.305 e. The zero-order chi connectivity index (χ0) is 29.9. The fourth-order valence-corrected chi connectivity index (χ4v) is 4.74. The van der Waals surface area contributed by atoms with Crippen LogP contribution in [0.5, 0.6) is 0 Å². The van der Waals surface area contributed by atoms with Crippen molar-refractivity contribution in [3.05, 3.63) is 107 Å². The molecule has 3 aromatic carbocycles. The Kier molecular flexibility index (Phi) is 8.51. The molecule has 1 saturated heterocycles. The number of carbonyl (C=O) groups is 4. The molecule has 0 aromatic heterocycles. The van der Waals surface area contributed by atoms with Gasteiger partial charge in [-0.1, -0.05) is 45.0 Å². The lowest BCUT2D eigenvalue weighted by molar-refractivity contribution is -0.138. The lowest BCUT2D eigenvalue weighted by Gasteiger charge is -2.31. The standard InChI is InChI=1S/C31H31F2N3O5/c1-31(2,3)22-10-4-20(5-11-22)29(40)35-16-17-36(30(41)21-8-14-24(33)15-9-21)28(35)27(39)34-25(18-26(37)38)19-6-12-23(32)13-7-19/h4-15,25,28H,16-18H2,1-3H3,(H,34,39)(H,37,38). The first-order valence-corrected chi connectivity index (χ1v) is 13.1. The number of nitrogens with one attached hydrogen (secondary N) is 1. The number of carboxylic acid groups (broad SMARTS) is 1. The molecule has 2 unspecified atom stereocenters. The van der Waals surface area contributed by atoms with Crippen molar-refractivity contribution >= 4 is 23.7 Å². The molecule has 4 rings (SSSR count). The van der Waals surface area contributed by atoms with Gasteiger partial charge in [-0.2, -0.15) is 0 Å². The Morgan fingerprint density at radius 3 is 1.68 bits per heavy atom. The van der Waals surface area contributed by atoms with E-state index in [9.17, 15) is 33.1 Å². The molecule has 3 amide bonds. The largest absolute Gasteiger partial charge is 0.481 e. The van der Waals surface area contributed by atoms with Crippen LogP contribution in [0.3, 0.4) is 0 Å². The van der Waals surface area contributed by atoms with Crippen LogP contribution in [0.25, 0.3) is 0 Å². The second-order valence-electron chi connectivity index (χ2n) is 10.9. The molecular formula is C31H31F2N3O5. The Labute approximate surface area is 236 Å². The summed E-state index contributed by atoms with van der Waals surface area (Å²) >= 11 is 0. The van der Waals surface area contributed by atoms with E-state index in [4.69, 9.17) is 0 Å². The maximum Gasteiger partial charge on any atom is 0.305 e. The zero-order valence-corrected chi connectivity index (χ0v) is 22.9. The molecule has 0 radical (unpaired) electrons. The first-order valence-electron chi connectivity index (χ1n) is 13.1. The van der Waals surface area contributed by atoms with E-state index in [1.807, 2.05) is 32.9 Å². The van der Waals surface area contributed by atoms with Crippen molar-refractivity contribution < 1.29 is 33.1 Å². The summed E-state index contributed by atoms with van der Waals surface area (Å²) < 4.78 is 27.0. The van der Waals surface area contributed by atoms with E-state index in [0.717, 1.165) is 29.8 Å². The van der Waals surface area contributed by atoms with E-state index >= 15 is 0 Å². The molecule has 214 valence electrons. The molecule has 8 nitrogen and oxygen atoms in total. The summed E-state index contributed by atoms with van der Waals surface area (Å²) in [6.45, 7) is 6.17. The molecule has 2 N–H and O–H groups in total. The van der Waals surface area contributed by atoms with E-state index in [0.29, 0.717) is 11.1 Å². The Morgan fingerprint density at radius 1 is 0.805 bits per heavy atom. The van der Waals surface area contributed by atoms with E-state index in [1.54, 1.807) is 12.1 Å². The predicted octanol–water partition coefficient (Wildman–Crippen LogP) is 4.52. The van der Waals surface area contributed by atoms with Gasteiger partial charge in [0.25, 0.3) is 17.7 Å². The van der Waals surface area contributed by atoms with Crippen LogP contribution in [0, 0.1) is 11.6 Å². The molecule has 0 saturated carbocycles. The molecule has 3 aromatic rings. The van der Waals surface area contributed by atoms with Gasteiger partial charge in [-0.25, -0.2) is 8.78 Å². The van der Waals surface area contributed by atoms with Crippen molar-refractivity contribution in [1.29, 1.82) is 0 Å². The van der Waals surface area contributed by atoms with Gasteiger partial charge in [-0.3, -0.25) is 19.2 Å². The van der Waals surface area contributed by atoms with Crippen LogP contribution in [0.2, 0.25) is 0 Å². The predicted molar refractivity (Wildman–Crippen MR) is 147 cm³/mol. The minimum Gasteiger partial charge on any atom is -0.481 e. The van der Waals surface area contributed by atoms with E-state index in [-0.39, 0.29) is 24.1 Å². The van der Waals surface area contributed by atoms with Crippen molar-refractivity contribution in [1.82, 2.24) is 15.1 Å². The highest BCUT2D eigenvalue weighted by atomic mass is 19.1. The molecule has 1 aliphatic heterocycles. The summed E-state index contributed by atoms with van der Waals surface area (Å²) in [6.07, 6.45) is -1.93. The van der Waals surface area contributed by atoms with Crippen LogP contribution < -0.4 is 5.32 Å². The average Bonchev–Trinajstić information content (AvgIpc) is 3.37. The first kappa shape index (κ1) is 29.4. The average molecular weight is 564 g/mol. The summed E-state index contributed by atoms with van der Waals surface area (Å²) in [5.74, 6) is -4.15.